The average Bonchev–Trinajstić information content (AvgIpc) is 2.60. The lowest BCUT2D eigenvalue weighted by molar-refractivity contribution is 0.122. The van der Waals surface area contributed by atoms with Gasteiger partial charge < -0.3 is 9.84 Å². The highest BCUT2D eigenvalue weighted by atomic mass is 16.5. The molecular formula is C20H17NO2. The maximum absolute atomic E-state index is 10.6. The molecule has 0 saturated carbocycles. The number of rotatable bonds is 2. The summed E-state index contributed by atoms with van der Waals surface area (Å²) in [5.41, 5.74) is 1.13. The number of para-hydroxylation sites is 1. The van der Waals surface area contributed by atoms with E-state index in [9.17, 15) is 5.11 Å². The third kappa shape index (κ3) is 3.18. The van der Waals surface area contributed by atoms with Gasteiger partial charge in [0.2, 0.25) is 5.88 Å². The van der Waals surface area contributed by atoms with Crippen molar-refractivity contribution in [2.75, 3.05) is 7.11 Å². The number of hydrogen-bond donors (Lipinski definition) is 1. The van der Waals surface area contributed by atoms with Crippen LogP contribution in [0, 0.1) is 11.8 Å². The fourth-order valence-corrected chi connectivity index (χ4v) is 2.38. The summed E-state index contributed by atoms with van der Waals surface area (Å²) in [7, 11) is 1.58. The van der Waals surface area contributed by atoms with E-state index in [2.05, 4.69) is 16.8 Å². The number of hydrogen-bond acceptors (Lipinski definition) is 3. The van der Waals surface area contributed by atoms with Crippen molar-refractivity contribution in [3.05, 3.63) is 71.8 Å². The van der Waals surface area contributed by atoms with E-state index in [4.69, 9.17) is 4.74 Å². The van der Waals surface area contributed by atoms with Crippen molar-refractivity contribution in [3.8, 4) is 17.7 Å². The van der Waals surface area contributed by atoms with E-state index in [-0.39, 0.29) is 0 Å². The molecule has 1 atom stereocenters. The first kappa shape index (κ1) is 15.1. The van der Waals surface area contributed by atoms with Crippen molar-refractivity contribution in [2.45, 2.75) is 12.5 Å². The molecule has 0 aliphatic rings. The van der Waals surface area contributed by atoms with Crippen molar-refractivity contribution >= 4 is 10.9 Å². The fraction of sp³-hybridized carbons (Fsp3) is 0.150. The van der Waals surface area contributed by atoms with Crippen LogP contribution in [0.3, 0.4) is 0 Å². The molecule has 3 nitrogen and oxygen atoms in total. The Kier molecular flexibility index (Phi) is 4.01. The summed E-state index contributed by atoms with van der Waals surface area (Å²) in [6.07, 6.45) is 0. The Balaban J connectivity index is 2.09. The van der Waals surface area contributed by atoms with Crippen LogP contribution in [0.5, 0.6) is 5.88 Å². The second-order valence-electron chi connectivity index (χ2n) is 5.42. The number of aromatic nitrogens is 1. The normalized spacial score (nSPS) is 13.0. The minimum absolute atomic E-state index is 0.507. The molecule has 2 aromatic carbocycles. The van der Waals surface area contributed by atoms with Crippen LogP contribution in [0.1, 0.15) is 18.1 Å². The molecule has 0 saturated heterocycles. The lowest BCUT2D eigenvalue weighted by atomic mass is 9.96. The zero-order chi connectivity index (χ0) is 16.3. The molecule has 0 fully saturated rings. The molecule has 0 amide bonds. The zero-order valence-corrected chi connectivity index (χ0v) is 13.1. The average molecular weight is 303 g/mol. The minimum atomic E-state index is -1.22. The second kappa shape index (κ2) is 6.12. The van der Waals surface area contributed by atoms with Crippen molar-refractivity contribution < 1.29 is 9.84 Å². The van der Waals surface area contributed by atoms with Crippen LogP contribution in [0.25, 0.3) is 10.9 Å². The standard InChI is InChI=1S/C20H17NO2/c1-20(22,16-8-4-3-5-9-16)13-12-15-14-19(23-2)21-18-11-7-6-10-17(15)18/h3-11,14,22H,1-2H3. The van der Waals surface area contributed by atoms with Crippen molar-refractivity contribution in [2.24, 2.45) is 0 Å². The van der Waals surface area contributed by atoms with E-state index in [1.165, 1.54) is 0 Å². The fourth-order valence-electron chi connectivity index (χ4n) is 2.38. The number of nitrogens with zero attached hydrogens (tertiary/aromatic N) is 1. The molecule has 1 aromatic heterocycles. The quantitative estimate of drug-likeness (QED) is 0.737. The summed E-state index contributed by atoms with van der Waals surface area (Å²) >= 11 is 0. The van der Waals surface area contributed by atoms with Gasteiger partial charge in [-0.05, 0) is 18.6 Å². The van der Waals surface area contributed by atoms with Gasteiger partial charge in [0.25, 0.3) is 0 Å². The Morgan fingerprint density at radius 2 is 1.74 bits per heavy atom. The number of aliphatic hydroxyl groups is 1. The molecule has 0 aliphatic carbocycles. The van der Waals surface area contributed by atoms with Gasteiger partial charge in [-0.25, -0.2) is 4.98 Å². The van der Waals surface area contributed by atoms with Crippen LogP contribution >= 0.6 is 0 Å². The molecule has 0 aliphatic heterocycles. The molecule has 3 aromatic rings. The summed E-state index contributed by atoms with van der Waals surface area (Å²) in [5.74, 6) is 6.55. The van der Waals surface area contributed by atoms with Crippen molar-refractivity contribution in [1.82, 2.24) is 4.98 Å². The van der Waals surface area contributed by atoms with E-state index in [1.807, 2.05) is 54.6 Å². The van der Waals surface area contributed by atoms with E-state index in [1.54, 1.807) is 20.1 Å². The Labute approximate surface area is 135 Å². The SMILES string of the molecule is COc1cc(C#CC(C)(O)c2ccccc2)c2ccccc2n1. The van der Waals surface area contributed by atoms with Crippen molar-refractivity contribution in [3.63, 3.8) is 0 Å². The van der Waals surface area contributed by atoms with E-state index >= 15 is 0 Å². The topological polar surface area (TPSA) is 42.4 Å². The minimum Gasteiger partial charge on any atom is -0.481 e. The summed E-state index contributed by atoms with van der Waals surface area (Å²) in [6, 6.07) is 18.9. The van der Waals surface area contributed by atoms with Gasteiger partial charge in [-0.3, -0.25) is 0 Å². The molecule has 3 rings (SSSR count). The van der Waals surface area contributed by atoms with Gasteiger partial charge in [0, 0.05) is 17.0 Å². The molecule has 0 bridgehead atoms. The smallest absolute Gasteiger partial charge is 0.214 e. The van der Waals surface area contributed by atoms with Crippen LogP contribution in [-0.4, -0.2) is 17.2 Å². The van der Waals surface area contributed by atoms with Gasteiger partial charge in [-0.15, -0.1) is 0 Å². The Bertz CT molecular complexity index is 890. The zero-order valence-electron chi connectivity index (χ0n) is 13.1. The second-order valence-corrected chi connectivity index (χ2v) is 5.42. The maximum Gasteiger partial charge on any atom is 0.214 e. The lowest BCUT2D eigenvalue weighted by Gasteiger charge is -2.16. The summed E-state index contributed by atoms with van der Waals surface area (Å²) < 4.78 is 5.24. The summed E-state index contributed by atoms with van der Waals surface area (Å²) in [5, 5.41) is 11.6. The van der Waals surface area contributed by atoms with Gasteiger partial charge >= 0.3 is 0 Å². The van der Waals surface area contributed by atoms with Gasteiger partial charge in [-0.2, -0.15) is 0 Å². The monoisotopic (exact) mass is 303 g/mol. The van der Waals surface area contributed by atoms with Gasteiger partial charge in [0.1, 0.15) is 5.60 Å². The molecule has 23 heavy (non-hydrogen) atoms. The van der Waals surface area contributed by atoms with Crippen LogP contribution in [0.15, 0.2) is 60.7 Å². The highest BCUT2D eigenvalue weighted by Gasteiger charge is 2.19. The largest absolute Gasteiger partial charge is 0.481 e. The first-order chi connectivity index (χ1) is 11.1. The number of benzene rings is 2. The molecule has 1 unspecified atom stereocenters. The first-order valence-corrected chi connectivity index (χ1v) is 7.35. The van der Waals surface area contributed by atoms with Crippen LogP contribution < -0.4 is 4.74 Å². The first-order valence-electron chi connectivity index (χ1n) is 7.35. The highest BCUT2D eigenvalue weighted by molar-refractivity contribution is 5.85. The molecule has 114 valence electrons. The number of pyridine rings is 1. The molecular weight excluding hydrogens is 286 g/mol. The van der Waals surface area contributed by atoms with Crippen LogP contribution in [0.2, 0.25) is 0 Å². The molecule has 1 heterocycles. The van der Waals surface area contributed by atoms with Gasteiger partial charge in [-0.1, -0.05) is 60.4 Å². The number of ether oxygens (including phenoxy) is 1. The van der Waals surface area contributed by atoms with E-state index in [0.29, 0.717) is 5.88 Å². The Morgan fingerprint density at radius 3 is 2.48 bits per heavy atom. The lowest BCUT2D eigenvalue weighted by Crippen LogP contribution is -2.18. The molecule has 0 radical (unpaired) electrons. The van der Waals surface area contributed by atoms with E-state index < -0.39 is 5.60 Å². The maximum atomic E-state index is 10.6. The predicted octanol–water partition coefficient (Wildman–Crippen LogP) is 3.50. The van der Waals surface area contributed by atoms with Gasteiger partial charge in [0.05, 0.1) is 12.6 Å². The summed E-state index contributed by atoms with van der Waals surface area (Å²) in [6.45, 7) is 1.69. The molecule has 3 heteroatoms. The number of methoxy groups -OCH3 is 1. The van der Waals surface area contributed by atoms with Gasteiger partial charge in [0.15, 0.2) is 0 Å². The third-order valence-corrected chi connectivity index (χ3v) is 3.68. The third-order valence-electron chi connectivity index (χ3n) is 3.68. The van der Waals surface area contributed by atoms with Crippen LogP contribution in [-0.2, 0) is 5.60 Å². The molecule has 0 spiro atoms. The Hall–Kier alpha value is -2.83. The van der Waals surface area contributed by atoms with Crippen molar-refractivity contribution in [1.29, 1.82) is 0 Å². The van der Waals surface area contributed by atoms with E-state index in [0.717, 1.165) is 22.0 Å². The predicted molar refractivity (Wildman–Crippen MR) is 91.2 cm³/mol. The van der Waals surface area contributed by atoms with Crippen LogP contribution in [0.4, 0.5) is 0 Å². The Morgan fingerprint density at radius 1 is 1.04 bits per heavy atom. The number of fused-ring (bicyclic) bond motifs is 1. The highest BCUT2D eigenvalue weighted by Crippen LogP contribution is 2.23. The molecule has 1 N–H and O–H groups in total. The summed E-state index contributed by atoms with van der Waals surface area (Å²) in [4.78, 5) is 4.40.